The van der Waals surface area contributed by atoms with E-state index in [1.807, 2.05) is 0 Å². The number of hydrogen-bond donors (Lipinski definition) is 1. The Morgan fingerprint density at radius 3 is 0.682 bits per heavy atom. The molecule has 0 saturated heterocycles. The summed E-state index contributed by atoms with van der Waals surface area (Å²) in [7, 11) is 0. The van der Waals surface area contributed by atoms with Crippen molar-refractivity contribution >= 4 is 11.9 Å². The number of ether oxygens (including phenoxy) is 2. The van der Waals surface area contributed by atoms with Crippen molar-refractivity contribution in [2.24, 2.45) is 0 Å². The van der Waals surface area contributed by atoms with Crippen LogP contribution in [0.2, 0.25) is 0 Å². The van der Waals surface area contributed by atoms with Gasteiger partial charge in [0.15, 0.2) is 6.10 Å². The number of rotatable bonds is 66. The van der Waals surface area contributed by atoms with E-state index >= 15 is 0 Å². The lowest BCUT2D eigenvalue weighted by molar-refractivity contribution is -0.161. The van der Waals surface area contributed by atoms with Gasteiger partial charge < -0.3 is 14.6 Å². The van der Waals surface area contributed by atoms with Crippen molar-refractivity contribution in [3.05, 3.63) is 170 Å². The number of unbranched alkanes of at least 4 members (excludes halogenated alkanes) is 30. The van der Waals surface area contributed by atoms with E-state index < -0.39 is 6.10 Å². The van der Waals surface area contributed by atoms with Gasteiger partial charge in [-0.15, -0.1) is 0 Å². The van der Waals surface area contributed by atoms with Gasteiger partial charge in [0.2, 0.25) is 0 Å². The first-order chi connectivity index (χ1) is 43.6. The van der Waals surface area contributed by atoms with Crippen LogP contribution in [0.25, 0.3) is 0 Å². The molecule has 0 spiro atoms. The summed E-state index contributed by atoms with van der Waals surface area (Å²) >= 11 is 0. The van der Waals surface area contributed by atoms with E-state index in [0.29, 0.717) is 12.8 Å². The van der Waals surface area contributed by atoms with E-state index in [-0.39, 0.29) is 25.2 Å². The minimum atomic E-state index is -0.783. The van der Waals surface area contributed by atoms with Crippen LogP contribution in [0.3, 0.4) is 0 Å². The van der Waals surface area contributed by atoms with Crippen molar-refractivity contribution in [2.75, 3.05) is 13.2 Å². The molecule has 0 aromatic heterocycles. The second kappa shape index (κ2) is 76.5. The Morgan fingerprint density at radius 2 is 0.455 bits per heavy atom. The molecule has 0 aromatic carbocycles. The Balaban J connectivity index is 3.50. The molecule has 0 amide bonds. The number of aliphatic hydroxyl groups excluding tert-OH is 1. The quantitative estimate of drug-likeness (QED) is 0.0373. The molecule has 0 fully saturated rings. The fourth-order valence-corrected chi connectivity index (χ4v) is 10.1. The SMILES string of the molecule is CC/C=C\C/C=C\C/C=C\C/C=C\C/C=C\C/C=C\C/C=C\CCCCCCCCCCCCCCCCCCCC(=O)OC(CO)COC(=O)CCCCCCCCCCCCCCC/C=C\C/C=C\C/C=C\C/C=C\C/C=C\C/C=C\C/C=C\CC. The Morgan fingerprint density at radius 1 is 0.261 bits per heavy atom. The number of esters is 2. The summed E-state index contributed by atoms with van der Waals surface area (Å²) in [6, 6.07) is 0. The Hall–Kier alpha value is -4.74. The van der Waals surface area contributed by atoms with E-state index in [9.17, 15) is 14.7 Å². The number of carbonyl (C=O) groups is 2. The van der Waals surface area contributed by atoms with Gasteiger partial charge >= 0.3 is 11.9 Å². The highest BCUT2D eigenvalue weighted by Gasteiger charge is 2.16. The molecule has 0 heterocycles. The van der Waals surface area contributed by atoms with Gasteiger partial charge in [0.25, 0.3) is 0 Å². The molecule has 0 saturated carbocycles. The summed E-state index contributed by atoms with van der Waals surface area (Å²) in [5.74, 6) is -0.589. The van der Waals surface area contributed by atoms with Crippen LogP contribution in [0.15, 0.2) is 170 Å². The van der Waals surface area contributed by atoms with Gasteiger partial charge in [-0.2, -0.15) is 0 Å². The summed E-state index contributed by atoms with van der Waals surface area (Å²) in [5.41, 5.74) is 0. The zero-order valence-corrected chi connectivity index (χ0v) is 57.2. The predicted molar refractivity (Wildman–Crippen MR) is 389 cm³/mol. The maximum absolute atomic E-state index is 12.4. The maximum Gasteiger partial charge on any atom is 0.306 e. The molecule has 1 atom stereocenters. The van der Waals surface area contributed by atoms with Crippen molar-refractivity contribution in [1.29, 1.82) is 0 Å². The topological polar surface area (TPSA) is 72.8 Å². The summed E-state index contributed by atoms with van der Waals surface area (Å²) in [6.07, 6.45) is 118. The van der Waals surface area contributed by atoms with Crippen LogP contribution in [0.4, 0.5) is 0 Å². The monoisotopic (exact) mass is 1210 g/mol. The molecule has 498 valence electrons. The molecule has 0 bridgehead atoms. The summed E-state index contributed by atoms with van der Waals surface area (Å²) in [6.45, 7) is 3.93. The number of aliphatic hydroxyl groups is 1. The molecule has 5 heteroatoms. The van der Waals surface area contributed by atoms with Crippen LogP contribution in [0.5, 0.6) is 0 Å². The van der Waals surface area contributed by atoms with Crippen molar-refractivity contribution in [2.45, 2.75) is 328 Å². The molecule has 1 N–H and O–H groups in total. The van der Waals surface area contributed by atoms with Gasteiger partial charge in [-0.05, 0) is 128 Å². The van der Waals surface area contributed by atoms with Crippen molar-refractivity contribution in [3.63, 3.8) is 0 Å². The zero-order chi connectivity index (χ0) is 63.3. The van der Waals surface area contributed by atoms with Gasteiger partial charge in [0.1, 0.15) is 6.61 Å². The molecule has 1 unspecified atom stereocenters. The molecule has 0 aliphatic rings. The normalized spacial score (nSPS) is 13.3. The van der Waals surface area contributed by atoms with Crippen LogP contribution >= 0.6 is 0 Å². The van der Waals surface area contributed by atoms with Crippen LogP contribution in [-0.2, 0) is 19.1 Å². The molecule has 0 radical (unpaired) electrons. The van der Waals surface area contributed by atoms with Crippen molar-refractivity contribution in [1.82, 2.24) is 0 Å². The fourth-order valence-electron chi connectivity index (χ4n) is 10.1. The molecule has 0 aliphatic carbocycles. The lowest BCUT2D eigenvalue weighted by Crippen LogP contribution is -2.28. The third kappa shape index (κ3) is 73.7. The molecular formula is C83H136O5. The van der Waals surface area contributed by atoms with Crippen LogP contribution in [0, 0.1) is 0 Å². The van der Waals surface area contributed by atoms with Crippen molar-refractivity contribution < 1.29 is 24.2 Å². The first-order valence-corrected chi connectivity index (χ1v) is 36.7. The Bertz CT molecular complexity index is 1910. The highest BCUT2D eigenvalue weighted by molar-refractivity contribution is 5.70. The first-order valence-electron chi connectivity index (χ1n) is 36.7. The lowest BCUT2D eigenvalue weighted by Gasteiger charge is -2.15. The second-order valence-electron chi connectivity index (χ2n) is 23.9. The standard InChI is InChI=1S/C83H136O5/c1-3-5-7-9-11-13-15-17-19-21-23-25-27-29-31-33-35-37-39-40-41-42-44-46-48-50-52-54-56-58-60-62-64-66-68-70-72-74-76-78-83(86)88-81(79-84)80-87-82(85)77-75-73-71-69-67-65-63-61-59-57-55-53-51-49-47-45-43-38-36-34-32-30-28-26-24-22-20-18-16-14-12-10-8-6-4-2/h5-8,11-14,17-20,23-26,29-32,35-38,40-41,45,47,81,84H,3-4,9-10,15-16,21-22,27-28,33-34,39,42-44,46,48-80H2,1-2H3/b7-5-,8-6-,13-11-,14-12-,19-17-,20-18-,25-23-,26-24-,31-29-,32-30-,37-35-,38-36-,41-40-,47-45-. The maximum atomic E-state index is 12.4. The Kier molecular flexibility index (Phi) is 72.4. The van der Waals surface area contributed by atoms with E-state index in [1.54, 1.807) is 0 Å². The van der Waals surface area contributed by atoms with E-state index in [4.69, 9.17) is 9.47 Å². The average Bonchev–Trinajstić information content (AvgIpc) is 3.54. The minimum absolute atomic E-state index is 0.0719. The second-order valence-corrected chi connectivity index (χ2v) is 23.9. The number of carbonyl (C=O) groups excluding carboxylic acids is 2. The zero-order valence-electron chi connectivity index (χ0n) is 57.2. The molecule has 88 heavy (non-hydrogen) atoms. The fraction of sp³-hybridized carbons (Fsp3) is 0.639. The molecular weight excluding hydrogens is 1080 g/mol. The van der Waals surface area contributed by atoms with Crippen molar-refractivity contribution in [3.8, 4) is 0 Å². The van der Waals surface area contributed by atoms with Gasteiger partial charge in [0, 0.05) is 12.8 Å². The molecule has 0 aromatic rings. The van der Waals surface area contributed by atoms with Crippen LogP contribution in [-0.4, -0.2) is 36.4 Å². The third-order valence-electron chi connectivity index (χ3n) is 15.5. The lowest BCUT2D eigenvalue weighted by atomic mass is 10.0. The Labute approximate surface area is 544 Å². The summed E-state index contributed by atoms with van der Waals surface area (Å²) < 4.78 is 10.8. The number of allylic oxidation sites excluding steroid dienone is 28. The van der Waals surface area contributed by atoms with Crippen LogP contribution < -0.4 is 0 Å². The average molecular weight is 1210 g/mol. The van der Waals surface area contributed by atoms with Gasteiger partial charge in [0.05, 0.1) is 6.61 Å². The smallest absolute Gasteiger partial charge is 0.306 e. The summed E-state index contributed by atoms with van der Waals surface area (Å²) in [5, 5.41) is 9.72. The predicted octanol–water partition coefficient (Wildman–Crippen LogP) is 26.0. The molecule has 0 rings (SSSR count). The van der Waals surface area contributed by atoms with E-state index in [0.717, 1.165) is 128 Å². The third-order valence-corrected chi connectivity index (χ3v) is 15.5. The highest BCUT2D eigenvalue weighted by Crippen LogP contribution is 2.17. The first kappa shape index (κ1) is 83.3. The largest absolute Gasteiger partial charge is 0.462 e. The minimum Gasteiger partial charge on any atom is -0.462 e. The van der Waals surface area contributed by atoms with E-state index in [2.05, 4.69) is 184 Å². The molecule has 0 aliphatic heterocycles. The number of hydrogen-bond acceptors (Lipinski definition) is 5. The highest BCUT2D eigenvalue weighted by atomic mass is 16.6. The van der Waals surface area contributed by atoms with Gasteiger partial charge in [-0.3, -0.25) is 9.59 Å². The van der Waals surface area contributed by atoms with E-state index in [1.165, 1.54) is 167 Å². The van der Waals surface area contributed by atoms with Crippen LogP contribution in [0.1, 0.15) is 322 Å². The molecule has 5 nitrogen and oxygen atoms in total. The summed E-state index contributed by atoms with van der Waals surface area (Å²) in [4.78, 5) is 24.7. The van der Waals surface area contributed by atoms with Gasteiger partial charge in [-0.25, -0.2) is 0 Å². The van der Waals surface area contributed by atoms with Gasteiger partial charge in [-0.1, -0.05) is 351 Å².